The van der Waals surface area contributed by atoms with Crippen LogP contribution in [-0.4, -0.2) is 35.0 Å². The van der Waals surface area contributed by atoms with Crippen molar-refractivity contribution in [3.05, 3.63) is 60.4 Å². The van der Waals surface area contributed by atoms with Crippen molar-refractivity contribution in [2.45, 2.75) is 24.7 Å². The largest absolute Gasteiger partial charge is 0.497 e. The van der Waals surface area contributed by atoms with Gasteiger partial charge in [0.15, 0.2) is 17.0 Å². The number of fused-ring (bicyclic) bond motifs is 1. The molecular formula is C22H23N5O3S. The molecule has 1 N–H and O–H groups in total. The third-order valence-electron chi connectivity index (χ3n) is 5.09. The monoisotopic (exact) mass is 437 g/mol. The first kappa shape index (κ1) is 20.8. The number of ether oxygens (including phenoxy) is 1. The van der Waals surface area contributed by atoms with Gasteiger partial charge in [0.25, 0.3) is 10.0 Å². The lowest BCUT2D eigenvalue weighted by molar-refractivity contribution is 0.415. The van der Waals surface area contributed by atoms with Gasteiger partial charge in [-0.1, -0.05) is 26.0 Å². The Morgan fingerprint density at radius 3 is 2.29 bits per heavy atom. The predicted molar refractivity (Wildman–Crippen MR) is 120 cm³/mol. The average Bonchev–Trinajstić information content (AvgIpc) is 3.11. The van der Waals surface area contributed by atoms with E-state index in [9.17, 15) is 8.42 Å². The Hall–Kier alpha value is -3.46. The first-order valence-corrected chi connectivity index (χ1v) is 11.2. The zero-order valence-corrected chi connectivity index (χ0v) is 18.5. The van der Waals surface area contributed by atoms with Gasteiger partial charge in [-0.25, -0.2) is 23.4 Å². The topological polar surface area (TPSA) is 99.0 Å². The molecule has 4 aromatic rings. The van der Waals surface area contributed by atoms with Gasteiger partial charge < -0.3 is 9.30 Å². The number of anilines is 1. The average molecular weight is 438 g/mol. The lowest BCUT2D eigenvalue weighted by Gasteiger charge is -2.09. The maximum absolute atomic E-state index is 12.9. The number of hydrogen-bond acceptors (Lipinski definition) is 6. The minimum atomic E-state index is -3.83. The number of sulfonamides is 1. The Morgan fingerprint density at radius 1 is 1.00 bits per heavy atom. The maximum Gasteiger partial charge on any atom is 0.263 e. The third kappa shape index (κ3) is 3.96. The Bertz CT molecular complexity index is 1330. The van der Waals surface area contributed by atoms with Crippen LogP contribution in [0.15, 0.2) is 59.8 Å². The second-order valence-corrected chi connectivity index (χ2v) is 9.13. The molecule has 0 aliphatic carbocycles. The molecule has 2 aromatic heterocycles. The van der Waals surface area contributed by atoms with E-state index in [2.05, 4.69) is 33.5 Å². The Morgan fingerprint density at radius 2 is 1.68 bits per heavy atom. The van der Waals surface area contributed by atoms with Crippen molar-refractivity contribution in [2.24, 2.45) is 7.05 Å². The summed E-state index contributed by atoms with van der Waals surface area (Å²) >= 11 is 0. The lowest BCUT2D eigenvalue weighted by atomic mass is 10.0. The molecule has 0 fully saturated rings. The Kier molecular flexibility index (Phi) is 5.36. The number of imidazole rings is 1. The standard InChI is InChI=1S/C22H23N5O3S/c1-14(2)15-7-11-18(12-8-15)31(28,29)26-20-19-22(24-13-23-20)27(3)21(25-19)16-5-9-17(30-4)10-6-16/h5-14H,1-4H3,(H,23,24,26). The molecule has 0 unspecified atom stereocenters. The molecule has 0 spiro atoms. The first-order valence-electron chi connectivity index (χ1n) is 9.75. The van der Waals surface area contributed by atoms with Crippen LogP contribution in [0.4, 0.5) is 5.82 Å². The fraction of sp³-hybridized carbons (Fsp3) is 0.227. The van der Waals surface area contributed by atoms with Gasteiger partial charge in [0.2, 0.25) is 0 Å². The normalized spacial score (nSPS) is 11.8. The molecular weight excluding hydrogens is 414 g/mol. The predicted octanol–water partition coefficient (Wildman–Crippen LogP) is 3.96. The van der Waals surface area contributed by atoms with E-state index in [0.29, 0.717) is 22.9 Å². The van der Waals surface area contributed by atoms with Gasteiger partial charge in [-0.05, 0) is 47.9 Å². The van der Waals surface area contributed by atoms with Gasteiger partial charge in [0.1, 0.15) is 17.9 Å². The van der Waals surface area contributed by atoms with Crippen LogP contribution in [0.5, 0.6) is 5.75 Å². The summed E-state index contributed by atoms with van der Waals surface area (Å²) in [5.74, 6) is 1.82. The maximum atomic E-state index is 12.9. The lowest BCUT2D eigenvalue weighted by Crippen LogP contribution is -2.14. The van der Waals surface area contributed by atoms with Crippen molar-refractivity contribution in [2.75, 3.05) is 11.8 Å². The van der Waals surface area contributed by atoms with Crippen LogP contribution < -0.4 is 9.46 Å². The van der Waals surface area contributed by atoms with Crippen LogP contribution in [0, 0.1) is 0 Å². The van der Waals surface area contributed by atoms with Crippen molar-refractivity contribution in [1.82, 2.24) is 19.5 Å². The number of benzene rings is 2. The molecule has 2 aromatic carbocycles. The zero-order chi connectivity index (χ0) is 22.2. The van der Waals surface area contributed by atoms with E-state index < -0.39 is 10.0 Å². The van der Waals surface area contributed by atoms with Crippen molar-refractivity contribution in [3.63, 3.8) is 0 Å². The van der Waals surface area contributed by atoms with Crippen molar-refractivity contribution in [1.29, 1.82) is 0 Å². The van der Waals surface area contributed by atoms with Crippen molar-refractivity contribution in [3.8, 4) is 17.1 Å². The Balaban J connectivity index is 1.72. The molecule has 9 heteroatoms. The van der Waals surface area contributed by atoms with Crippen LogP contribution in [0.25, 0.3) is 22.6 Å². The van der Waals surface area contributed by atoms with E-state index in [1.165, 1.54) is 6.33 Å². The molecule has 0 atom stereocenters. The zero-order valence-electron chi connectivity index (χ0n) is 17.7. The number of nitrogens with zero attached hydrogens (tertiary/aromatic N) is 4. The Labute approximate surface area is 181 Å². The summed E-state index contributed by atoms with van der Waals surface area (Å²) < 4.78 is 35.4. The molecule has 2 heterocycles. The second-order valence-electron chi connectivity index (χ2n) is 7.45. The summed E-state index contributed by atoms with van der Waals surface area (Å²) in [6.45, 7) is 4.11. The van der Waals surface area contributed by atoms with Crippen LogP contribution >= 0.6 is 0 Å². The molecule has 0 aliphatic rings. The van der Waals surface area contributed by atoms with E-state index >= 15 is 0 Å². The molecule has 0 amide bonds. The van der Waals surface area contributed by atoms with Crippen LogP contribution in [0.3, 0.4) is 0 Å². The summed E-state index contributed by atoms with van der Waals surface area (Å²) in [6, 6.07) is 14.3. The summed E-state index contributed by atoms with van der Waals surface area (Å²) in [5.41, 5.74) is 2.81. The molecule has 0 aliphatic heterocycles. The smallest absolute Gasteiger partial charge is 0.263 e. The minimum Gasteiger partial charge on any atom is -0.497 e. The number of aromatic nitrogens is 4. The highest BCUT2D eigenvalue weighted by atomic mass is 32.2. The first-order chi connectivity index (χ1) is 14.8. The summed E-state index contributed by atoms with van der Waals surface area (Å²) in [5, 5.41) is 0. The van der Waals surface area contributed by atoms with E-state index in [-0.39, 0.29) is 10.7 Å². The summed E-state index contributed by atoms with van der Waals surface area (Å²) in [6.07, 6.45) is 1.32. The van der Waals surface area contributed by atoms with Crippen molar-refractivity contribution < 1.29 is 13.2 Å². The molecule has 160 valence electrons. The fourth-order valence-corrected chi connectivity index (χ4v) is 4.31. The molecule has 0 radical (unpaired) electrons. The third-order valence-corrected chi connectivity index (χ3v) is 6.45. The van der Waals surface area contributed by atoms with Gasteiger partial charge >= 0.3 is 0 Å². The SMILES string of the molecule is COc1ccc(-c2nc3c(NS(=O)(=O)c4ccc(C(C)C)cc4)ncnc3n2C)cc1. The van der Waals surface area contributed by atoms with Gasteiger partial charge in [-0.3, -0.25) is 4.72 Å². The molecule has 8 nitrogen and oxygen atoms in total. The van der Waals surface area contributed by atoms with E-state index in [1.807, 2.05) is 43.4 Å². The van der Waals surface area contributed by atoms with Gasteiger partial charge in [-0.2, -0.15) is 0 Å². The van der Waals surface area contributed by atoms with E-state index in [1.54, 1.807) is 23.8 Å². The molecule has 0 saturated carbocycles. The second kappa shape index (κ2) is 7.99. The highest BCUT2D eigenvalue weighted by Gasteiger charge is 2.20. The highest BCUT2D eigenvalue weighted by molar-refractivity contribution is 7.92. The summed E-state index contributed by atoms with van der Waals surface area (Å²) in [7, 11) is -0.401. The van der Waals surface area contributed by atoms with Gasteiger partial charge in [0.05, 0.1) is 12.0 Å². The molecule has 31 heavy (non-hydrogen) atoms. The number of nitrogens with one attached hydrogen (secondary N) is 1. The summed E-state index contributed by atoms with van der Waals surface area (Å²) in [4.78, 5) is 13.2. The van der Waals surface area contributed by atoms with Crippen LogP contribution in [0.1, 0.15) is 25.3 Å². The van der Waals surface area contributed by atoms with Crippen molar-refractivity contribution >= 4 is 27.0 Å². The van der Waals surface area contributed by atoms with Crippen LogP contribution in [-0.2, 0) is 17.1 Å². The number of rotatable bonds is 6. The van der Waals surface area contributed by atoms with E-state index in [0.717, 1.165) is 16.9 Å². The van der Waals surface area contributed by atoms with E-state index in [4.69, 9.17) is 4.74 Å². The van der Waals surface area contributed by atoms with Gasteiger partial charge in [0, 0.05) is 12.6 Å². The number of methoxy groups -OCH3 is 1. The van der Waals surface area contributed by atoms with Gasteiger partial charge in [-0.15, -0.1) is 0 Å². The number of hydrogen-bond donors (Lipinski definition) is 1. The highest BCUT2D eigenvalue weighted by Crippen LogP contribution is 2.28. The van der Waals surface area contributed by atoms with Crippen LogP contribution in [0.2, 0.25) is 0 Å². The fourth-order valence-electron chi connectivity index (χ4n) is 3.29. The minimum absolute atomic E-state index is 0.133. The number of aryl methyl sites for hydroxylation is 1. The molecule has 4 rings (SSSR count). The quantitative estimate of drug-likeness (QED) is 0.490. The molecule has 0 bridgehead atoms. The molecule has 0 saturated heterocycles.